The fourth-order valence-electron chi connectivity index (χ4n) is 2.43. The van der Waals surface area contributed by atoms with Crippen LogP contribution < -0.4 is 0 Å². The standard InChI is InChI=1S/C15H20F2N2O4S/c1-2-10-23-11-14(20)18-6-8-19(9-7-18)24(21,22)15-12(16)4-3-5-13(15)17/h3-5H,2,6-11H2,1H3. The average Bonchev–Trinajstić information content (AvgIpc) is 2.54. The molecule has 1 aliphatic rings. The van der Waals surface area contributed by atoms with Crippen molar-refractivity contribution in [2.45, 2.75) is 18.2 Å². The molecular formula is C15H20F2N2O4S. The summed E-state index contributed by atoms with van der Waals surface area (Å²) in [6, 6.07) is 2.91. The molecule has 2 rings (SSSR count). The van der Waals surface area contributed by atoms with Crippen molar-refractivity contribution in [2.24, 2.45) is 0 Å². The lowest BCUT2D eigenvalue weighted by Gasteiger charge is -2.34. The highest BCUT2D eigenvalue weighted by molar-refractivity contribution is 7.89. The zero-order chi connectivity index (χ0) is 17.7. The predicted molar refractivity (Wildman–Crippen MR) is 82.8 cm³/mol. The number of hydrogen-bond donors (Lipinski definition) is 0. The summed E-state index contributed by atoms with van der Waals surface area (Å²) in [5.74, 6) is -2.47. The van der Waals surface area contributed by atoms with Gasteiger partial charge in [0.1, 0.15) is 18.2 Å². The highest BCUT2D eigenvalue weighted by Gasteiger charge is 2.33. The molecule has 134 valence electrons. The van der Waals surface area contributed by atoms with Crippen LogP contribution in [0.2, 0.25) is 0 Å². The first-order valence-corrected chi connectivity index (χ1v) is 9.11. The number of amides is 1. The van der Waals surface area contributed by atoms with Gasteiger partial charge in [0.25, 0.3) is 0 Å². The Morgan fingerprint density at radius 2 is 1.75 bits per heavy atom. The van der Waals surface area contributed by atoms with Crippen LogP contribution in [0.3, 0.4) is 0 Å². The summed E-state index contributed by atoms with van der Waals surface area (Å²) in [7, 11) is -4.28. The second-order valence-electron chi connectivity index (χ2n) is 5.39. The minimum Gasteiger partial charge on any atom is -0.372 e. The molecule has 1 aliphatic heterocycles. The minimum absolute atomic E-state index is 0.0182. The summed E-state index contributed by atoms with van der Waals surface area (Å²) >= 11 is 0. The van der Waals surface area contributed by atoms with Crippen LogP contribution in [0, 0.1) is 11.6 Å². The minimum atomic E-state index is -4.28. The number of carbonyl (C=O) groups excluding carboxylic acids is 1. The number of ether oxygens (including phenoxy) is 1. The van der Waals surface area contributed by atoms with E-state index in [2.05, 4.69) is 0 Å². The first-order chi connectivity index (χ1) is 11.4. The Balaban J connectivity index is 2.02. The second kappa shape index (κ2) is 8.00. The summed E-state index contributed by atoms with van der Waals surface area (Å²) in [4.78, 5) is 12.5. The maximum atomic E-state index is 13.8. The Bertz CT molecular complexity index is 668. The molecule has 1 amide bonds. The summed E-state index contributed by atoms with van der Waals surface area (Å²) < 4.78 is 58.5. The van der Waals surface area contributed by atoms with Crippen LogP contribution in [0.5, 0.6) is 0 Å². The van der Waals surface area contributed by atoms with Crippen LogP contribution in [0.15, 0.2) is 23.1 Å². The molecule has 0 radical (unpaired) electrons. The molecule has 1 aromatic rings. The monoisotopic (exact) mass is 362 g/mol. The van der Waals surface area contributed by atoms with Crippen LogP contribution in [0.4, 0.5) is 8.78 Å². The number of benzene rings is 1. The van der Waals surface area contributed by atoms with Crippen molar-refractivity contribution in [1.29, 1.82) is 0 Å². The van der Waals surface area contributed by atoms with E-state index in [0.717, 1.165) is 28.9 Å². The number of piperazine rings is 1. The fraction of sp³-hybridized carbons (Fsp3) is 0.533. The van der Waals surface area contributed by atoms with Gasteiger partial charge < -0.3 is 9.64 Å². The quantitative estimate of drug-likeness (QED) is 0.714. The van der Waals surface area contributed by atoms with Gasteiger partial charge in [-0.15, -0.1) is 0 Å². The molecule has 6 nitrogen and oxygen atoms in total. The number of hydrogen-bond acceptors (Lipinski definition) is 4. The number of rotatable bonds is 6. The Kier molecular flexibility index (Phi) is 6.25. The maximum absolute atomic E-state index is 13.8. The topological polar surface area (TPSA) is 66.9 Å². The zero-order valence-electron chi connectivity index (χ0n) is 13.4. The van der Waals surface area contributed by atoms with E-state index in [1.807, 2.05) is 6.92 Å². The van der Waals surface area contributed by atoms with Gasteiger partial charge in [-0.25, -0.2) is 17.2 Å². The lowest BCUT2D eigenvalue weighted by Crippen LogP contribution is -2.51. The predicted octanol–water partition coefficient (Wildman–Crippen LogP) is 1.22. The van der Waals surface area contributed by atoms with E-state index in [0.29, 0.717) is 6.61 Å². The molecule has 0 bridgehead atoms. The molecule has 0 spiro atoms. The van der Waals surface area contributed by atoms with E-state index in [4.69, 9.17) is 4.74 Å². The van der Waals surface area contributed by atoms with E-state index >= 15 is 0 Å². The lowest BCUT2D eigenvalue weighted by atomic mass is 10.3. The van der Waals surface area contributed by atoms with Crippen LogP contribution in [0.1, 0.15) is 13.3 Å². The largest absolute Gasteiger partial charge is 0.372 e. The Morgan fingerprint density at radius 3 is 2.29 bits per heavy atom. The number of sulfonamides is 1. The van der Waals surface area contributed by atoms with E-state index in [-0.39, 0.29) is 38.7 Å². The molecule has 9 heteroatoms. The van der Waals surface area contributed by atoms with Gasteiger partial charge in [-0.05, 0) is 18.6 Å². The van der Waals surface area contributed by atoms with Crippen molar-refractivity contribution in [3.05, 3.63) is 29.8 Å². The van der Waals surface area contributed by atoms with E-state index in [9.17, 15) is 22.0 Å². The number of halogens is 2. The molecule has 1 heterocycles. The SMILES string of the molecule is CCCOCC(=O)N1CCN(S(=O)(=O)c2c(F)cccc2F)CC1. The Labute approximate surface area is 140 Å². The van der Waals surface area contributed by atoms with E-state index in [1.165, 1.54) is 4.90 Å². The van der Waals surface area contributed by atoms with Gasteiger partial charge in [-0.2, -0.15) is 4.31 Å². The molecular weight excluding hydrogens is 342 g/mol. The summed E-state index contributed by atoms with van der Waals surface area (Å²) in [5, 5.41) is 0. The van der Waals surface area contributed by atoms with Gasteiger partial charge >= 0.3 is 0 Å². The van der Waals surface area contributed by atoms with Crippen LogP contribution in [-0.2, 0) is 19.6 Å². The Hall–Kier alpha value is -1.58. The summed E-state index contributed by atoms with van der Waals surface area (Å²) in [6.07, 6.45) is 0.799. The van der Waals surface area contributed by atoms with Crippen molar-refractivity contribution in [3.8, 4) is 0 Å². The van der Waals surface area contributed by atoms with Crippen LogP contribution in [-0.4, -0.2) is 62.9 Å². The Morgan fingerprint density at radius 1 is 1.17 bits per heavy atom. The molecule has 24 heavy (non-hydrogen) atoms. The van der Waals surface area contributed by atoms with Gasteiger partial charge in [0.2, 0.25) is 15.9 Å². The zero-order valence-corrected chi connectivity index (χ0v) is 14.2. The van der Waals surface area contributed by atoms with Crippen molar-refractivity contribution >= 4 is 15.9 Å². The normalized spacial score (nSPS) is 16.4. The molecule has 1 aromatic carbocycles. The molecule has 1 saturated heterocycles. The summed E-state index contributed by atoms with van der Waals surface area (Å²) in [5.41, 5.74) is 0. The third kappa shape index (κ3) is 4.08. The maximum Gasteiger partial charge on any atom is 0.249 e. The molecule has 1 fully saturated rings. The molecule has 0 aromatic heterocycles. The first-order valence-electron chi connectivity index (χ1n) is 7.67. The van der Waals surface area contributed by atoms with E-state index in [1.54, 1.807) is 0 Å². The fourth-order valence-corrected chi connectivity index (χ4v) is 3.96. The lowest BCUT2D eigenvalue weighted by molar-refractivity contribution is -0.137. The van der Waals surface area contributed by atoms with E-state index < -0.39 is 26.6 Å². The van der Waals surface area contributed by atoms with Gasteiger partial charge in [-0.3, -0.25) is 4.79 Å². The average molecular weight is 362 g/mol. The molecule has 0 saturated carbocycles. The molecule has 0 N–H and O–H groups in total. The van der Waals surface area contributed by atoms with Crippen molar-refractivity contribution in [1.82, 2.24) is 9.21 Å². The first kappa shape index (κ1) is 18.8. The highest BCUT2D eigenvalue weighted by atomic mass is 32.2. The van der Waals surface area contributed by atoms with Gasteiger partial charge in [0.05, 0.1) is 0 Å². The smallest absolute Gasteiger partial charge is 0.249 e. The third-order valence-corrected chi connectivity index (χ3v) is 5.63. The molecule has 0 atom stereocenters. The van der Waals surface area contributed by atoms with Crippen molar-refractivity contribution in [2.75, 3.05) is 39.4 Å². The summed E-state index contributed by atoms with van der Waals surface area (Å²) in [6.45, 7) is 2.63. The van der Waals surface area contributed by atoms with Crippen LogP contribution in [0.25, 0.3) is 0 Å². The van der Waals surface area contributed by atoms with Crippen LogP contribution >= 0.6 is 0 Å². The number of nitrogens with zero attached hydrogens (tertiary/aromatic N) is 2. The number of carbonyl (C=O) groups is 1. The van der Waals surface area contributed by atoms with Gasteiger partial charge in [0.15, 0.2) is 4.90 Å². The van der Waals surface area contributed by atoms with Gasteiger partial charge in [0, 0.05) is 32.8 Å². The molecule has 0 unspecified atom stereocenters. The highest BCUT2D eigenvalue weighted by Crippen LogP contribution is 2.23. The van der Waals surface area contributed by atoms with Crippen molar-refractivity contribution in [3.63, 3.8) is 0 Å². The van der Waals surface area contributed by atoms with Gasteiger partial charge in [-0.1, -0.05) is 13.0 Å². The van der Waals surface area contributed by atoms with Crippen molar-refractivity contribution < 1.29 is 26.7 Å². The molecule has 0 aliphatic carbocycles. The second-order valence-corrected chi connectivity index (χ2v) is 7.26. The third-order valence-electron chi connectivity index (χ3n) is 3.68.